The summed E-state index contributed by atoms with van der Waals surface area (Å²) >= 11 is 12.7. The number of benzene rings is 3. The summed E-state index contributed by atoms with van der Waals surface area (Å²) in [5, 5.41) is 11.8. The number of Topliss-reactive ketones (excluding diaryl/α,β-unsaturated/α-hetero) is 1. The van der Waals surface area contributed by atoms with Crippen LogP contribution in [0, 0.1) is 44.4 Å². The molecule has 0 aromatic heterocycles. The molecule has 0 fully saturated rings. The minimum Gasteiger partial charge on any atom is -0.489 e. The molecule has 0 amide bonds. The summed E-state index contributed by atoms with van der Waals surface area (Å²) in [6.45, 7) is 12.5. The number of hydrogen-bond acceptors (Lipinski definition) is 5. The Labute approximate surface area is 258 Å². The van der Waals surface area contributed by atoms with Gasteiger partial charge < -0.3 is 10.5 Å². The average molecular weight is 601 g/mol. The first-order valence-corrected chi connectivity index (χ1v) is 14.8. The Morgan fingerprint density at radius 2 is 1.76 bits per heavy atom. The largest absolute Gasteiger partial charge is 0.489 e. The Morgan fingerprint density at radius 3 is 2.43 bits per heavy atom. The van der Waals surface area contributed by atoms with E-state index in [-0.39, 0.29) is 11.2 Å². The van der Waals surface area contributed by atoms with Gasteiger partial charge in [-0.15, -0.1) is 0 Å². The molecule has 7 heteroatoms. The Balaban J connectivity index is 1.67. The van der Waals surface area contributed by atoms with E-state index < -0.39 is 5.92 Å². The van der Waals surface area contributed by atoms with Crippen molar-refractivity contribution in [2.24, 2.45) is 11.1 Å². The molecule has 0 saturated carbocycles. The third-order valence-electron chi connectivity index (χ3n) is 8.33. The van der Waals surface area contributed by atoms with Crippen LogP contribution in [0.2, 0.25) is 10.0 Å². The zero-order valence-electron chi connectivity index (χ0n) is 24.9. The summed E-state index contributed by atoms with van der Waals surface area (Å²) in [6.07, 6.45) is 1.02. The number of ketones is 1. The molecular weight excluding hydrogens is 565 g/mol. The van der Waals surface area contributed by atoms with Crippen molar-refractivity contribution in [3.63, 3.8) is 0 Å². The van der Waals surface area contributed by atoms with E-state index in [1.54, 1.807) is 0 Å². The van der Waals surface area contributed by atoms with Gasteiger partial charge in [0.25, 0.3) is 0 Å². The zero-order chi connectivity index (χ0) is 30.5. The minimum atomic E-state index is -0.582. The third-order valence-corrected chi connectivity index (χ3v) is 8.97. The molecule has 5 rings (SSSR count). The van der Waals surface area contributed by atoms with Crippen molar-refractivity contribution in [1.29, 1.82) is 5.26 Å². The molecule has 1 unspecified atom stereocenters. The number of carbonyl (C=O) groups is 1. The lowest BCUT2D eigenvalue weighted by atomic mass is 9.68. The number of nitrogens with zero attached hydrogens (tertiary/aromatic N) is 2. The standard InChI is InChI=1S/C35H35Cl2N3O2/c1-19-11-23(18-42-31-10-8-24(36)13-21(31)3)22(4)26(12-19)32-27(17-38)34(39)40(25-9-7-20(2)28(37)14-25)29-15-35(5,6)16-30(41)33(29)32/h7-14,32H,15-16,18,39H2,1-6H3. The van der Waals surface area contributed by atoms with Crippen LogP contribution >= 0.6 is 23.2 Å². The van der Waals surface area contributed by atoms with Crippen molar-refractivity contribution in [2.75, 3.05) is 4.90 Å². The molecule has 5 nitrogen and oxygen atoms in total. The number of anilines is 1. The first-order valence-electron chi connectivity index (χ1n) is 14.0. The van der Waals surface area contributed by atoms with Crippen LogP contribution in [-0.4, -0.2) is 5.78 Å². The lowest BCUT2D eigenvalue weighted by molar-refractivity contribution is -0.118. The summed E-state index contributed by atoms with van der Waals surface area (Å²) < 4.78 is 6.22. The second kappa shape index (κ2) is 11.2. The van der Waals surface area contributed by atoms with Crippen LogP contribution < -0.4 is 15.4 Å². The molecule has 1 heterocycles. The maximum absolute atomic E-state index is 14.0. The third kappa shape index (κ3) is 5.42. The Hall–Kier alpha value is -3.72. The van der Waals surface area contributed by atoms with Crippen molar-refractivity contribution in [2.45, 2.75) is 66.9 Å². The van der Waals surface area contributed by atoms with Gasteiger partial charge in [0, 0.05) is 33.4 Å². The fraction of sp³-hybridized carbons (Fsp3) is 0.314. The van der Waals surface area contributed by atoms with Crippen LogP contribution in [0.5, 0.6) is 5.75 Å². The topological polar surface area (TPSA) is 79.3 Å². The first kappa shape index (κ1) is 29.8. The zero-order valence-corrected chi connectivity index (χ0v) is 26.4. The van der Waals surface area contributed by atoms with Crippen molar-refractivity contribution < 1.29 is 9.53 Å². The summed E-state index contributed by atoms with van der Waals surface area (Å²) in [5.41, 5.74) is 14.9. The van der Waals surface area contributed by atoms with Gasteiger partial charge in [-0.2, -0.15) is 5.26 Å². The molecule has 1 atom stereocenters. The highest BCUT2D eigenvalue weighted by molar-refractivity contribution is 6.31. The van der Waals surface area contributed by atoms with Gasteiger partial charge in [-0.05, 0) is 97.7 Å². The van der Waals surface area contributed by atoms with Crippen molar-refractivity contribution >= 4 is 34.7 Å². The van der Waals surface area contributed by atoms with Crippen LogP contribution in [0.1, 0.15) is 66.0 Å². The lowest BCUT2D eigenvalue weighted by Gasteiger charge is -2.44. The SMILES string of the molecule is Cc1cc(COc2ccc(Cl)cc2C)c(C)c(C2C(C#N)=C(N)N(c3ccc(C)c(Cl)c3)C3=C2C(=O)CC(C)(C)C3)c1. The molecule has 0 bridgehead atoms. The quantitative estimate of drug-likeness (QED) is 0.317. The van der Waals surface area contributed by atoms with E-state index in [4.69, 9.17) is 33.7 Å². The molecule has 0 radical (unpaired) electrons. The number of nitriles is 1. The highest BCUT2D eigenvalue weighted by Crippen LogP contribution is 2.51. The Kier molecular flexibility index (Phi) is 7.91. The molecule has 2 aliphatic rings. The Morgan fingerprint density at radius 1 is 1.02 bits per heavy atom. The maximum atomic E-state index is 14.0. The average Bonchev–Trinajstić information content (AvgIpc) is 2.90. The fourth-order valence-corrected chi connectivity index (χ4v) is 6.58. The van der Waals surface area contributed by atoms with Gasteiger partial charge in [0.15, 0.2) is 5.78 Å². The van der Waals surface area contributed by atoms with Crippen LogP contribution in [0.4, 0.5) is 5.69 Å². The van der Waals surface area contributed by atoms with Gasteiger partial charge in [0.05, 0.1) is 17.6 Å². The molecule has 42 heavy (non-hydrogen) atoms. The molecule has 0 spiro atoms. The normalized spacial score (nSPS) is 18.2. The molecule has 1 aliphatic heterocycles. The number of rotatable bonds is 5. The number of hydrogen-bond donors (Lipinski definition) is 1. The smallest absolute Gasteiger partial charge is 0.162 e. The second-order valence-corrected chi connectivity index (χ2v) is 13.1. The van der Waals surface area contributed by atoms with Gasteiger partial charge in [-0.3, -0.25) is 9.69 Å². The molecule has 3 aromatic carbocycles. The molecule has 0 saturated heterocycles. The van der Waals surface area contributed by atoms with Gasteiger partial charge in [0.2, 0.25) is 0 Å². The van der Waals surface area contributed by atoms with E-state index in [1.165, 1.54) is 0 Å². The fourth-order valence-electron chi connectivity index (χ4n) is 6.18. The van der Waals surface area contributed by atoms with E-state index in [1.807, 2.05) is 69.0 Å². The predicted molar refractivity (Wildman–Crippen MR) is 170 cm³/mol. The molecule has 2 N–H and O–H groups in total. The minimum absolute atomic E-state index is 0.0326. The molecule has 1 aliphatic carbocycles. The monoisotopic (exact) mass is 599 g/mol. The second-order valence-electron chi connectivity index (χ2n) is 12.3. The number of allylic oxidation sites excluding steroid dienone is 3. The summed E-state index contributed by atoms with van der Waals surface area (Å²) in [6, 6.07) is 17.8. The maximum Gasteiger partial charge on any atom is 0.162 e. The summed E-state index contributed by atoms with van der Waals surface area (Å²) in [7, 11) is 0. The number of nitrogens with two attached hydrogens (primary N) is 1. The number of aryl methyl sites for hydroxylation is 3. The number of ether oxygens (including phenoxy) is 1. The van der Waals surface area contributed by atoms with Gasteiger partial charge in [0.1, 0.15) is 18.2 Å². The van der Waals surface area contributed by atoms with E-state index in [2.05, 4.69) is 32.0 Å². The summed E-state index contributed by atoms with van der Waals surface area (Å²) in [4.78, 5) is 15.9. The lowest BCUT2D eigenvalue weighted by Crippen LogP contribution is -2.42. The van der Waals surface area contributed by atoms with E-state index >= 15 is 0 Å². The van der Waals surface area contributed by atoms with E-state index in [0.717, 1.165) is 50.5 Å². The number of halogens is 2. The number of carbonyl (C=O) groups excluding carboxylic acids is 1. The van der Waals surface area contributed by atoms with Gasteiger partial charge >= 0.3 is 0 Å². The highest BCUT2D eigenvalue weighted by atomic mass is 35.5. The van der Waals surface area contributed by atoms with Crippen LogP contribution in [0.25, 0.3) is 0 Å². The van der Waals surface area contributed by atoms with Crippen LogP contribution in [0.3, 0.4) is 0 Å². The van der Waals surface area contributed by atoms with Crippen molar-refractivity contribution in [3.8, 4) is 11.8 Å². The van der Waals surface area contributed by atoms with E-state index in [0.29, 0.717) is 46.5 Å². The molecule has 3 aromatic rings. The van der Waals surface area contributed by atoms with E-state index in [9.17, 15) is 10.1 Å². The van der Waals surface area contributed by atoms with Gasteiger partial charge in [-0.25, -0.2) is 0 Å². The predicted octanol–water partition coefficient (Wildman–Crippen LogP) is 8.75. The molecular formula is C35H35Cl2N3O2. The van der Waals surface area contributed by atoms with Gasteiger partial charge in [-0.1, -0.05) is 60.8 Å². The van der Waals surface area contributed by atoms with Crippen molar-refractivity contribution in [1.82, 2.24) is 0 Å². The van der Waals surface area contributed by atoms with Crippen LogP contribution in [-0.2, 0) is 11.4 Å². The summed E-state index contributed by atoms with van der Waals surface area (Å²) in [5.74, 6) is 0.525. The first-order chi connectivity index (χ1) is 19.8. The Bertz CT molecular complexity index is 1730. The van der Waals surface area contributed by atoms with Crippen molar-refractivity contribution in [3.05, 3.63) is 115 Å². The van der Waals surface area contributed by atoms with Crippen LogP contribution in [0.15, 0.2) is 71.2 Å². The molecule has 216 valence electrons. The highest BCUT2D eigenvalue weighted by Gasteiger charge is 2.45.